The number of amides is 2. The highest BCUT2D eigenvalue weighted by Gasteiger charge is 2.15. The van der Waals surface area contributed by atoms with E-state index in [1.165, 1.54) is 29.8 Å². The lowest BCUT2D eigenvalue weighted by Gasteiger charge is -2.08. The van der Waals surface area contributed by atoms with Crippen molar-refractivity contribution in [2.75, 3.05) is 11.1 Å². The van der Waals surface area contributed by atoms with Gasteiger partial charge < -0.3 is 5.32 Å². The standard InChI is InChI=1S/C18H20N2O4S2/c1-13-3-7-16(8-4-13)25-12-11-18(22)19-15-5-9-17(10-6-15)26(23,24)20-14(2)21/h3-10H,11-12H2,1-2H3,(H,19,22)(H,20,21). The number of carbonyl (C=O) groups is 2. The molecule has 0 aliphatic heterocycles. The molecular formula is C18H20N2O4S2. The molecule has 2 rings (SSSR count). The minimum absolute atomic E-state index is 0.0411. The van der Waals surface area contributed by atoms with E-state index in [0.29, 0.717) is 17.9 Å². The Bertz CT molecular complexity index is 876. The maximum Gasteiger partial charge on any atom is 0.264 e. The van der Waals surface area contributed by atoms with Crippen LogP contribution in [-0.2, 0) is 19.6 Å². The van der Waals surface area contributed by atoms with Crippen LogP contribution in [0.15, 0.2) is 58.3 Å². The third-order valence-corrected chi connectivity index (χ3v) is 5.81. The van der Waals surface area contributed by atoms with Gasteiger partial charge in [0, 0.05) is 29.7 Å². The Morgan fingerprint density at radius 2 is 1.62 bits per heavy atom. The molecule has 2 N–H and O–H groups in total. The number of nitrogens with one attached hydrogen (secondary N) is 2. The van der Waals surface area contributed by atoms with Crippen LogP contribution in [0.5, 0.6) is 0 Å². The molecule has 2 aromatic rings. The predicted octanol–water partition coefficient (Wildman–Crippen LogP) is 2.94. The summed E-state index contributed by atoms with van der Waals surface area (Å²) >= 11 is 1.60. The Morgan fingerprint density at radius 1 is 1.00 bits per heavy atom. The molecule has 0 radical (unpaired) electrons. The van der Waals surface area contributed by atoms with Crippen molar-refractivity contribution in [1.82, 2.24) is 4.72 Å². The monoisotopic (exact) mass is 392 g/mol. The zero-order valence-corrected chi connectivity index (χ0v) is 16.1. The van der Waals surface area contributed by atoms with E-state index in [1.807, 2.05) is 35.9 Å². The van der Waals surface area contributed by atoms with Gasteiger partial charge >= 0.3 is 0 Å². The van der Waals surface area contributed by atoms with Crippen molar-refractivity contribution in [3.05, 3.63) is 54.1 Å². The van der Waals surface area contributed by atoms with Crippen LogP contribution in [-0.4, -0.2) is 26.0 Å². The van der Waals surface area contributed by atoms with Crippen LogP contribution >= 0.6 is 11.8 Å². The maximum atomic E-state index is 12.0. The van der Waals surface area contributed by atoms with E-state index in [1.54, 1.807) is 11.8 Å². The molecule has 0 saturated heterocycles. The molecule has 26 heavy (non-hydrogen) atoms. The molecule has 0 spiro atoms. The fourth-order valence-corrected chi connectivity index (χ4v) is 3.93. The number of sulfonamides is 1. The van der Waals surface area contributed by atoms with Gasteiger partial charge in [-0.1, -0.05) is 17.7 Å². The number of benzene rings is 2. The zero-order chi connectivity index (χ0) is 19.2. The number of anilines is 1. The molecule has 2 aromatic carbocycles. The van der Waals surface area contributed by atoms with Crippen LogP contribution in [0.4, 0.5) is 5.69 Å². The Labute approximate surface area is 157 Å². The SMILES string of the molecule is CC(=O)NS(=O)(=O)c1ccc(NC(=O)CCSc2ccc(C)cc2)cc1. The van der Waals surface area contributed by atoms with Crippen LogP contribution in [0.1, 0.15) is 18.9 Å². The first kappa shape index (κ1) is 20.0. The first-order valence-corrected chi connectivity index (χ1v) is 10.4. The van der Waals surface area contributed by atoms with Crippen LogP contribution in [0.3, 0.4) is 0 Å². The van der Waals surface area contributed by atoms with E-state index in [9.17, 15) is 18.0 Å². The molecule has 8 heteroatoms. The highest BCUT2D eigenvalue weighted by molar-refractivity contribution is 7.99. The summed E-state index contributed by atoms with van der Waals surface area (Å²) < 4.78 is 25.6. The van der Waals surface area contributed by atoms with E-state index in [2.05, 4.69) is 5.32 Å². The Kier molecular flexibility index (Phi) is 6.82. The quantitative estimate of drug-likeness (QED) is 0.707. The second kappa shape index (κ2) is 8.86. The summed E-state index contributed by atoms with van der Waals surface area (Å²) in [6, 6.07) is 13.7. The molecule has 138 valence electrons. The molecule has 0 aliphatic carbocycles. The second-order valence-electron chi connectivity index (χ2n) is 5.65. The van der Waals surface area contributed by atoms with Gasteiger partial charge in [0.25, 0.3) is 10.0 Å². The van der Waals surface area contributed by atoms with Gasteiger partial charge in [0.1, 0.15) is 0 Å². The number of rotatable bonds is 7. The molecule has 0 atom stereocenters. The molecule has 0 bridgehead atoms. The van der Waals surface area contributed by atoms with Crippen molar-refractivity contribution in [2.24, 2.45) is 0 Å². The fraction of sp³-hybridized carbons (Fsp3) is 0.222. The van der Waals surface area contributed by atoms with Crippen LogP contribution in [0.25, 0.3) is 0 Å². The third kappa shape index (κ3) is 6.20. The number of aryl methyl sites for hydroxylation is 1. The van der Waals surface area contributed by atoms with Crippen molar-refractivity contribution in [2.45, 2.75) is 30.1 Å². The average molecular weight is 393 g/mol. The van der Waals surface area contributed by atoms with Gasteiger partial charge in [-0.05, 0) is 43.3 Å². The summed E-state index contributed by atoms with van der Waals surface area (Å²) in [7, 11) is -3.87. The largest absolute Gasteiger partial charge is 0.326 e. The molecule has 2 amide bonds. The van der Waals surface area contributed by atoms with Crippen molar-refractivity contribution < 1.29 is 18.0 Å². The smallest absolute Gasteiger partial charge is 0.264 e. The summed E-state index contributed by atoms with van der Waals surface area (Å²) in [5, 5.41) is 2.72. The number of carbonyl (C=O) groups excluding carboxylic acids is 2. The molecule has 0 saturated carbocycles. The normalized spacial score (nSPS) is 11.0. The first-order valence-electron chi connectivity index (χ1n) is 7.89. The summed E-state index contributed by atoms with van der Waals surface area (Å²) in [4.78, 5) is 24.0. The van der Waals surface area contributed by atoms with Gasteiger partial charge in [0.05, 0.1) is 4.90 Å². The van der Waals surface area contributed by atoms with Gasteiger partial charge in [-0.3, -0.25) is 9.59 Å². The molecule has 0 heterocycles. The van der Waals surface area contributed by atoms with Gasteiger partial charge in [-0.2, -0.15) is 0 Å². The summed E-state index contributed by atoms with van der Waals surface area (Å²) in [5.41, 5.74) is 1.69. The van der Waals surface area contributed by atoms with Gasteiger partial charge in [-0.25, -0.2) is 13.1 Å². The minimum Gasteiger partial charge on any atom is -0.326 e. The highest BCUT2D eigenvalue weighted by atomic mass is 32.2. The molecule has 0 unspecified atom stereocenters. The molecule has 6 nitrogen and oxygen atoms in total. The molecule has 0 aromatic heterocycles. The molecule has 0 fully saturated rings. The van der Waals surface area contributed by atoms with Gasteiger partial charge in [-0.15, -0.1) is 11.8 Å². The van der Waals surface area contributed by atoms with E-state index in [-0.39, 0.29) is 10.8 Å². The Hall–Kier alpha value is -2.32. The lowest BCUT2D eigenvalue weighted by molar-refractivity contribution is -0.117. The first-order chi connectivity index (χ1) is 12.3. The van der Waals surface area contributed by atoms with Crippen molar-refractivity contribution in [3.63, 3.8) is 0 Å². The summed E-state index contributed by atoms with van der Waals surface area (Å²) in [6.07, 6.45) is 0.338. The van der Waals surface area contributed by atoms with Crippen LogP contribution in [0, 0.1) is 6.92 Å². The maximum absolute atomic E-state index is 12.0. The van der Waals surface area contributed by atoms with E-state index in [0.717, 1.165) is 11.8 Å². The van der Waals surface area contributed by atoms with Crippen molar-refractivity contribution in [3.8, 4) is 0 Å². The van der Waals surface area contributed by atoms with Gasteiger partial charge in [0.2, 0.25) is 11.8 Å². The zero-order valence-electron chi connectivity index (χ0n) is 14.5. The Balaban J connectivity index is 1.85. The lowest BCUT2D eigenvalue weighted by Crippen LogP contribution is -2.28. The average Bonchev–Trinajstić information content (AvgIpc) is 2.56. The van der Waals surface area contributed by atoms with Gasteiger partial charge in [0.15, 0.2) is 0 Å². The lowest BCUT2D eigenvalue weighted by atomic mass is 10.2. The third-order valence-electron chi connectivity index (χ3n) is 3.35. The molecular weight excluding hydrogens is 372 g/mol. The highest BCUT2D eigenvalue weighted by Crippen LogP contribution is 2.19. The van der Waals surface area contributed by atoms with E-state index >= 15 is 0 Å². The number of hydrogen-bond acceptors (Lipinski definition) is 5. The topological polar surface area (TPSA) is 92.3 Å². The predicted molar refractivity (Wildman–Crippen MR) is 103 cm³/mol. The Morgan fingerprint density at radius 3 is 2.19 bits per heavy atom. The van der Waals surface area contributed by atoms with Crippen LogP contribution in [0.2, 0.25) is 0 Å². The number of thioether (sulfide) groups is 1. The second-order valence-corrected chi connectivity index (χ2v) is 8.50. The summed E-state index contributed by atoms with van der Waals surface area (Å²) in [6.45, 7) is 3.15. The van der Waals surface area contributed by atoms with E-state index < -0.39 is 15.9 Å². The minimum atomic E-state index is -3.87. The fourth-order valence-electron chi connectivity index (χ4n) is 2.09. The van der Waals surface area contributed by atoms with Crippen molar-refractivity contribution >= 4 is 39.3 Å². The number of hydrogen-bond donors (Lipinski definition) is 2. The van der Waals surface area contributed by atoms with Crippen LogP contribution < -0.4 is 10.0 Å². The summed E-state index contributed by atoms with van der Waals surface area (Å²) in [5.74, 6) is -0.167. The van der Waals surface area contributed by atoms with Crippen molar-refractivity contribution in [1.29, 1.82) is 0 Å². The molecule has 0 aliphatic rings. The van der Waals surface area contributed by atoms with E-state index in [4.69, 9.17) is 0 Å².